The Kier molecular flexibility index (Phi) is 5.95. The Morgan fingerprint density at radius 2 is 2.12 bits per heavy atom. The quantitative estimate of drug-likeness (QED) is 0.621. The zero-order valence-corrected chi connectivity index (χ0v) is 16.0. The van der Waals surface area contributed by atoms with E-state index in [2.05, 4.69) is 10.3 Å². The highest BCUT2D eigenvalue weighted by Crippen LogP contribution is 2.31. The van der Waals surface area contributed by atoms with E-state index >= 15 is 0 Å². The van der Waals surface area contributed by atoms with Gasteiger partial charge in [-0.2, -0.15) is 11.8 Å². The molecule has 1 amide bonds. The highest BCUT2D eigenvalue weighted by atomic mass is 32.2. The number of amides is 1. The molecule has 3 rings (SSSR count). The van der Waals surface area contributed by atoms with Crippen LogP contribution in [-0.2, 0) is 9.53 Å². The summed E-state index contributed by atoms with van der Waals surface area (Å²) in [7, 11) is 1.30. The van der Waals surface area contributed by atoms with E-state index in [1.54, 1.807) is 23.9 Å². The van der Waals surface area contributed by atoms with E-state index < -0.39 is 17.9 Å². The van der Waals surface area contributed by atoms with Gasteiger partial charge >= 0.3 is 5.97 Å². The third kappa shape index (κ3) is 4.08. The first kappa shape index (κ1) is 18.5. The number of methoxy groups -OCH3 is 1. The number of esters is 1. The maximum atomic E-state index is 12.4. The Hall–Kier alpha value is -2.32. The predicted octanol–water partition coefficient (Wildman–Crippen LogP) is 3.58. The average molecular weight is 390 g/mol. The van der Waals surface area contributed by atoms with Crippen molar-refractivity contribution >= 4 is 45.2 Å². The van der Waals surface area contributed by atoms with Gasteiger partial charge in [-0.3, -0.25) is 4.79 Å². The molecule has 0 aliphatic rings. The second-order valence-electron chi connectivity index (χ2n) is 5.48. The van der Waals surface area contributed by atoms with E-state index in [1.807, 2.05) is 30.5 Å². The lowest BCUT2D eigenvalue weighted by molar-refractivity contribution is -0.142. The number of carbonyl (C=O) groups excluding carboxylic acids is 2. The van der Waals surface area contributed by atoms with Crippen molar-refractivity contribution in [1.82, 2.24) is 10.3 Å². The first-order valence-electron chi connectivity index (χ1n) is 7.95. The molecule has 0 radical (unpaired) electrons. The van der Waals surface area contributed by atoms with E-state index in [0.717, 1.165) is 16.0 Å². The summed E-state index contributed by atoms with van der Waals surface area (Å²) in [6.45, 7) is 0. The first-order valence-corrected chi connectivity index (χ1v) is 10.2. The lowest BCUT2D eigenvalue weighted by atomic mass is 10.2. The van der Waals surface area contributed by atoms with Crippen LogP contribution in [-0.4, -0.2) is 42.0 Å². The summed E-state index contributed by atoms with van der Waals surface area (Å²) in [5, 5.41) is 3.38. The molecule has 0 aliphatic carbocycles. The molecule has 0 aliphatic heterocycles. The number of ether oxygens (including phenoxy) is 1. The molecule has 2 heterocycles. The zero-order chi connectivity index (χ0) is 18.5. The van der Waals surface area contributed by atoms with Gasteiger partial charge < -0.3 is 14.5 Å². The molecule has 8 heteroatoms. The number of rotatable bonds is 7. The van der Waals surface area contributed by atoms with Gasteiger partial charge in [0.25, 0.3) is 5.91 Å². The maximum absolute atomic E-state index is 12.4. The number of nitrogens with one attached hydrogen (secondary N) is 1. The summed E-state index contributed by atoms with van der Waals surface area (Å²) >= 11 is 3.09. The van der Waals surface area contributed by atoms with Gasteiger partial charge in [0.2, 0.25) is 0 Å². The van der Waals surface area contributed by atoms with Crippen LogP contribution in [0.2, 0.25) is 0 Å². The maximum Gasteiger partial charge on any atom is 0.328 e. The molecule has 0 bridgehead atoms. The monoisotopic (exact) mass is 390 g/mol. The highest BCUT2D eigenvalue weighted by molar-refractivity contribution is 7.98. The van der Waals surface area contributed by atoms with Crippen LogP contribution >= 0.6 is 23.1 Å². The molecule has 1 aromatic carbocycles. The van der Waals surface area contributed by atoms with Crippen molar-refractivity contribution in [2.75, 3.05) is 19.1 Å². The van der Waals surface area contributed by atoms with Crippen LogP contribution in [0.5, 0.6) is 0 Å². The minimum atomic E-state index is -0.698. The van der Waals surface area contributed by atoms with Gasteiger partial charge in [0, 0.05) is 0 Å². The number of hydrogen-bond donors (Lipinski definition) is 1. The Bertz CT molecular complexity index is 886. The van der Waals surface area contributed by atoms with Crippen LogP contribution in [0.1, 0.15) is 17.0 Å². The second-order valence-corrected chi connectivity index (χ2v) is 7.50. The van der Waals surface area contributed by atoms with Crippen LogP contribution in [0.15, 0.2) is 40.8 Å². The van der Waals surface area contributed by atoms with Crippen molar-refractivity contribution in [3.8, 4) is 10.8 Å². The fourth-order valence-electron chi connectivity index (χ4n) is 2.41. The molecular formula is C18H18N2O4S2. The first-order chi connectivity index (χ1) is 12.6. The molecule has 1 N–H and O–H groups in total. The minimum absolute atomic E-state index is 0.136. The van der Waals surface area contributed by atoms with Crippen molar-refractivity contribution in [3.63, 3.8) is 0 Å². The summed E-state index contributed by atoms with van der Waals surface area (Å²) in [5.41, 5.74) is 0.887. The predicted molar refractivity (Wildman–Crippen MR) is 104 cm³/mol. The van der Waals surface area contributed by atoms with E-state index in [9.17, 15) is 9.59 Å². The fraction of sp³-hybridized carbons (Fsp3) is 0.278. The standard InChI is InChI=1S/C18H18N2O4S2/c1-23-18(22)12(9-10-25-2)19-16(21)13-7-8-14(24-13)17-20-11-5-3-4-6-15(11)26-17/h3-8,12H,9-10H2,1-2H3,(H,19,21)/t12-/m1/s1. The van der Waals surface area contributed by atoms with Gasteiger partial charge in [-0.05, 0) is 42.7 Å². The molecule has 0 saturated heterocycles. The smallest absolute Gasteiger partial charge is 0.328 e. The van der Waals surface area contributed by atoms with Crippen molar-refractivity contribution in [2.45, 2.75) is 12.5 Å². The van der Waals surface area contributed by atoms with Crippen LogP contribution in [0.25, 0.3) is 21.0 Å². The molecular weight excluding hydrogens is 372 g/mol. The van der Waals surface area contributed by atoms with Gasteiger partial charge in [-0.1, -0.05) is 12.1 Å². The number of benzene rings is 1. The van der Waals surface area contributed by atoms with Crippen molar-refractivity contribution in [3.05, 3.63) is 42.2 Å². The molecule has 1 atom stereocenters. The van der Waals surface area contributed by atoms with Gasteiger partial charge in [0.1, 0.15) is 6.04 Å². The molecule has 136 valence electrons. The fourth-order valence-corrected chi connectivity index (χ4v) is 3.81. The minimum Gasteiger partial charge on any atom is -0.467 e. The third-order valence-corrected chi connectivity index (χ3v) is 5.43. The molecule has 26 heavy (non-hydrogen) atoms. The topological polar surface area (TPSA) is 81.4 Å². The summed E-state index contributed by atoms with van der Waals surface area (Å²) in [5.74, 6) is 0.474. The summed E-state index contributed by atoms with van der Waals surface area (Å²) in [6, 6.07) is 10.4. The molecule has 3 aromatic rings. The molecule has 0 unspecified atom stereocenters. The average Bonchev–Trinajstić information content (AvgIpc) is 3.30. The zero-order valence-electron chi connectivity index (χ0n) is 14.4. The SMILES string of the molecule is COC(=O)[C@@H](CCSC)NC(=O)c1ccc(-c2nc3ccccc3s2)o1. The number of nitrogens with zero attached hydrogens (tertiary/aromatic N) is 1. The number of fused-ring (bicyclic) bond motifs is 1. The van der Waals surface area contributed by atoms with E-state index in [1.165, 1.54) is 18.4 Å². The number of thiazole rings is 1. The number of thioether (sulfide) groups is 1. The van der Waals surface area contributed by atoms with Gasteiger partial charge in [0.15, 0.2) is 16.5 Å². The van der Waals surface area contributed by atoms with Crippen LogP contribution < -0.4 is 5.32 Å². The van der Waals surface area contributed by atoms with Crippen molar-refractivity contribution in [1.29, 1.82) is 0 Å². The Labute approximate surface area is 158 Å². The van der Waals surface area contributed by atoms with Crippen molar-refractivity contribution in [2.24, 2.45) is 0 Å². The Morgan fingerprint density at radius 1 is 1.31 bits per heavy atom. The summed E-state index contributed by atoms with van der Waals surface area (Å²) in [4.78, 5) is 28.8. The van der Waals surface area contributed by atoms with Crippen LogP contribution in [0.3, 0.4) is 0 Å². The normalized spacial score (nSPS) is 12.1. The molecule has 0 fully saturated rings. The van der Waals surface area contributed by atoms with Crippen molar-refractivity contribution < 1.29 is 18.7 Å². The lowest BCUT2D eigenvalue weighted by Gasteiger charge is -2.15. The van der Waals surface area contributed by atoms with E-state index in [0.29, 0.717) is 17.2 Å². The molecule has 2 aromatic heterocycles. The number of carbonyl (C=O) groups is 2. The summed E-state index contributed by atoms with van der Waals surface area (Å²) < 4.78 is 11.5. The second kappa shape index (κ2) is 8.37. The lowest BCUT2D eigenvalue weighted by Crippen LogP contribution is -2.41. The number of para-hydroxylation sites is 1. The highest BCUT2D eigenvalue weighted by Gasteiger charge is 2.23. The summed E-state index contributed by atoms with van der Waals surface area (Å²) in [6.07, 6.45) is 2.43. The number of hydrogen-bond acceptors (Lipinski definition) is 7. The molecule has 0 saturated carbocycles. The van der Waals surface area contributed by atoms with Gasteiger partial charge in [-0.25, -0.2) is 9.78 Å². The number of aromatic nitrogens is 1. The van der Waals surface area contributed by atoms with Crippen LogP contribution in [0, 0.1) is 0 Å². The van der Waals surface area contributed by atoms with E-state index in [-0.39, 0.29) is 5.76 Å². The molecule has 6 nitrogen and oxygen atoms in total. The van der Waals surface area contributed by atoms with E-state index in [4.69, 9.17) is 9.15 Å². The number of furan rings is 1. The van der Waals surface area contributed by atoms with Crippen LogP contribution in [0.4, 0.5) is 0 Å². The third-order valence-electron chi connectivity index (χ3n) is 3.74. The Morgan fingerprint density at radius 3 is 2.85 bits per heavy atom. The Balaban J connectivity index is 1.75. The van der Waals surface area contributed by atoms with Gasteiger partial charge in [0.05, 0.1) is 17.3 Å². The molecule has 0 spiro atoms. The largest absolute Gasteiger partial charge is 0.467 e. The van der Waals surface area contributed by atoms with Gasteiger partial charge in [-0.15, -0.1) is 11.3 Å².